The lowest BCUT2D eigenvalue weighted by Crippen LogP contribution is -2.44. The SMILES string of the molecule is O=C(Nc1ccc(F)c(-c2cn3cc(-c4ccccc4)cnc3n2)c1)N1CCC1. The van der Waals surface area contributed by atoms with Gasteiger partial charge in [0, 0.05) is 48.5 Å². The van der Waals surface area contributed by atoms with E-state index >= 15 is 0 Å². The first-order valence-corrected chi connectivity index (χ1v) is 9.43. The van der Waals surface area contributed by atoms with Crippen molar-refractivity contribution in [3.05, 3.63) is 72.9 Å². The Labute approximate surface area is 166 Å². The lowest BCUT2D eigenvalue weighted by molar-refractivity contribution is 0.181. The summed E-state index contributed by atoms with van der Waals surface area (Å²) < 4.78 is 16.3. The second-order valence-electron chi connectivity index (χ2n) is 7.01. The molecule has 6 nitrogen and oxygen atoms in total. The van der Waals surface area contributed by atoms with Crippen LogP contribution in [-0.2, 0) is 0 Å². The summed E-state index contributed by atoms with van der Waals surface area (Å²) >= 11 is 0. The average molecular weight is 387 g/mol. The van der Waals surface area contributed by atoms with Crippen LogP contribution in [0, 0.1) is 5.82 Å². The molecule has 0 saturated carbocycles. The number of urea groups is 1. The Bertz CT molecular complexity index is 1200. The van der Waals surface area contributed by atoms with Crippen molar-refractivity contribution in [3.63, 3.8) is 0 Å². The van der Waals surface area contributed by atoms with Crippen LogP contribution < -0.4 is 5.32 Å². The van der Waals surface area contributed by atoms with Crippen LogP contribution in [-0.4, -0.2) is 38.4 Å². The Morgan fingerprint density at radius 3 is 2.62 bits per heavy atom. The number of likely N-dealkylation sites (tertiary alicyclic amines) is 1. The molecule has 29 heavy (non-hydrogen) atoms. The van der Waals surface area contributed by atoms with Gasteiger partial charge in [0.25, 0.3) is 0 Å². The summed E-state index contributed by atoms with van der Waals surface area (Å²) in [6.07, 6.45) is 6.43. The van der Waals surface area contributed by atoms with Gasteiger partial charge in [-0.25, -0.2) is 19.2 Å². The molecule has 2 aromatic heterocycles. The van der Waals surface area contributed by atoms with Crippen molar-refractivity contribution in [1.29, 1.82) is 0 Å². The van der Waals surface area contributed by atoms with Crippen LogP contribution in [0.3, 0.4) is 0 Å². The number of rotatable bonds is 3. The first kappa shape index (κ1) is 17.4. The molecule has 2 amide bonds. The topological polar surface area (TPSA) is 62.5 Å². The zero-order chi connectivity index (χ0) is 19.8. The maximum absolute atomic E-state index is 14.5. The number of imidazole rings is 1. The normalized spacial score (nSPS) is 13.3. The molecule has 0 spiro atoms. The van der Waals surface area contributed by atoms with Crippen LogP contribution in [0.5, 0.6) is 0 Å². The van der Waals surface area contributed by atoms with Gasteiger partial charge in [0.15, 0.2) is 0 Å². The fourth-order valence-electron chi connectivity index (χ4n) is 3.32. The molecule has 3 heterocycles. The number of fused-ring (bicyclic) bond motifs is 1. The van der Waals surface area contributed by atoms with E-state index in [2.05, 4.69) is 15.3 Å². The zero-order valence-corrected chi connectivity index (χ0v) is 15.5. The van der Waals surface area contributed by atoms with Crippen molar-refractivity contribution in [3.8, 4) is 22.4 Å². The minimum Gasteiger partial charge on any atom is -0.324 e. The minimum atomic E-state index is -0.404. The van der Waals surface area contributed by atoms with Crippen LogP contribution in [0.4, 0.5) is 14.9 Å². The first-order chi connectivity index (χ1) is 14.2. The number of hydrogen-bond donors (Lipinski definition) is 1. The molecule has 1 aliphatic rings. The fourth-order valence-corrected chi connectivity index (χ4v) is 3.32. The summed E-state index contributed by atoms with van der Waals surface area (Å²) in [5.74, 6) is 0.0766. The van der Waals surface area contributed by atoms with E-state index in [0.717, 1.165) is 30.6 Å². The molecule has 2 aromatic carbocycles. The number of hydrogen-bond acceptors (Lipinski definition) is 3. The van der Waals surface area contributed by atoms with Crippen LogP contribution in [0.15, 0.2) is 67.1 Å². The van der Waals surface area contributed by atoms with Gasteiger partial charge in [-0.1, -0.05) is 30.3 Å². The van der Waals surface area contributed by atoms with E-state index in [0.29, 0.717) is 22.7 Å². The number of amides is 2. The number of nitrogens with one attached hydrogen (secondary N) is 1. The largest absolute Gasteiger partial charge is 0.324 e. The van der Waals surface area contributed by atoms with Gasteiger partial charge in [-0.15, -0.1) is 0 Å². The number of carbonyl (C=O) groups is 1. The average Bonchev–Trinajstić information content (AvgIpc) is 3.12. The van der Waals surface area contributed by atoms with Crippen LogP contribution in [0.25, 0.3) is 28.2 Å². The summed E-state index contributed by atoms with van der Waals surface area (Å²) in [5, 5.41) is 2.82. The third-order valence-corrected chi connectivity index (χ3v) is 5.05. The predicted molar refractivity (Wildman–Crippen MR) is 109 cm³/mol. The van der Waals surface area contributed by atoms with Crippen molar-refractivity contribution in [2.24, 2.45) is 0 Å². The van der Waals surface area contributed by atoms with E-state index in [1.54, 1.807) is 33.8 Å². The molecule has 5 rings (SSSR count). The lowest BCUT2D eigenvalue weighted by atomic mass is 10.1. The minimum absolute atomic E-state index is 0.169. The smallest absolute Gasteiger partial charge is 0.321 e. The number of nitrogens with zero attached hydrogens (tertiary/aromatic N) is 4. The van der Waals surface area contributed by atoms with E-state index < -0.39 is 5.82 Å². The predicted octanol–water partition coefficient (Wildman–Crippen LogP) is 4.44. The van der Waals surface area contributed by atoms with Gasteiger partial charge in [0.05, 0.1) is 5.69 Å². The molecule has 0 aliphatic carbocycles. The van der Waals surface area contributed by atoms with Gasteiger partial charge < -0.3 is 10.2 Å². The fraction of sp³-hybridized carbons (Fsp3) is 0.136. The highest BCUT2D eigenvalue weighted by molar-refractivity contribution is 5.90. The van der Waals surface area contributed by atoms with Crippen molar-refractivity contribution < 1.29 is 9.18 Å². The summed E-state index contributed by atoms with van der Waals surface area (Å²) in [6.45, 7) is 1.50. The first-order valence-electron chi connectivity index (χ1n) is 9.43. The van der Waals surface area contributed by atoms with E-state index in [9.17, 15) is 9.18 Å². The van der Waals surface area contributed by atoms with Crippen molar-refractivity contribution >= 4 is 17.5 Å². The standard InChI is InChI=1S/C22H18FN5O/c23-19-8-7-17(25-22(29)27-9-4-10-27)11-18(19)20-14-28-13-16(12-24-21(28)26-20)15-5-2-1-3-6-15/h1-3,5-8,11-14H,4,9-10H2,(H,25,29). The van der Waals surface area contributed by atoms with Gasteiger partial charge in [-0.3, -0.25) is 4.40 Å². The van der Waals surface area contributed by atoms with Gasteiger partial charge in [-0.05, 0) is 30.2 Å². The quantitative estimate of drug-likeness (QED) is 0.565. The molecule has 0 unspecified atom stereocenters. The molecule has 1 N–H and O–H groups in total. The highest BCUT2D eigenvalue weighted by atomic mass is 19.1. The van der Waals surface area contributed by atoms with Gasteiger partial charge in [0.2, 0.25) is 5.78 Å². The van der Waals surface area contributed by atoms with E-state index in [4.69, 9.17) is 0 Å². The maximum Gasteiger partial charge on any atom is 0.321 e. The molecule has 0 atom stereocenters. The van der Waals surface area contributed by atoms with Crippen molar-refractivity contribution in [2.45, 2.75) is 6.42 Å². The summed E-state index contributed by atoms with van der Waals surface area (Å²) in [5.41, 5.74) is 3.30. The maximum atomic E-state index is 14.5. The van der Waals surface area contributed by atoms with Gasteiger partial charge in [0.1, 0.15) is 5.82 Å². The molecule has 4 aromatic rings. The van der Waals surface area contributed by atoms with E-state index in [-0.39, 0.29) is 6.03 Å². The number of carbonyl (C=O) groups excluding carboxylic acids is 1. The van der Waals surface area contributed by atoms with Gasteiger partial charge >= 0.3 is 6.03 Å². The molecule has 0 bridgehead atoms. The van der Waals surface area contributed by atoms with Crippen LogP contribution in [0.2, 0.25) is 0 Å². The number of aromatic nitrogens is 3. The molecule has 144 valence electrons. The third-order valence-electron chi connectivity index (χ3n) is 5.05. The Kier molecular flexibility index (Phi) is 4.20. The highest BCUT2D eigenvalue weighted by Crippen LogP contribution is 2.27. The highest BCUT2D eigenvalue weighted by Gasteiger charge is 2.20. The molecule has 1 saturated heterocycles. The van der Waals surface area contributed by atoms with E-state index in [1.165, 1.54) is 6.07 Å². The summed E-state index contributed by atoms with van der Waals surface area (Å²) in [7, 11) is 0. The zero-order valence-electron chi connectivity index (χ0n) is 15.5. The molecular formula is C22H18FN5O. The molecule has 7 heteroatoms. The summed E-state index contributed by atoms with van der Waals surface area (Å²) in [4.78, 5) is 22.7. The van der Waals surface area contributed by atoms with Crippen molar-refractivity contribution in [2.75, 3.05) is 18.4 Å². The molecule has 1 aliphatic heterocycles. The lowest BCUT2D eigenvalue weighted by Gasteiger charge is -2.30. The molecule has 1 fully saturated rings. The number of benzene rings is 2. The second-order valence-corrected chi connectivity index (χ2v) is 7.01. The van der Waals surface area contributed by atoms with Crippen molar-refractivity contribution in [1.82, 2.24) is 19.3 Å². The Morgan fingerprint density at radius 2 is 1.86 bits per heavy atom. The Balaban J connectivity index is 1.48. The summed E-state index contributed by atoms with van der Waals surface area (Å²) in [6, 6.07) is 14.2. The molecular weight excluding hydrogens is 369 g/mol. The Morgan fingerprint density at radius 1 is 1.03 bits per heavy atom. The second kappa shape index (κ2) is 7.01. The third kappa shape index (κ3) is 3.31. The number of anilines is 1. The van der Waals surface area contributed by atoms with Gasteiger partial charge in [-0.2, -0.15) is 0 Å². The van der Waals surface area contributed by atoms with Crippen LogP contribution >= 0.6 is 0 Å². The Hall–Kier alpha value is -3.74. The molecule has 0 radical (unpaired) electrons. The van der Waals surface area contributed by atoms with Crippen LogP contribution in [0.1, 0.15) is 6.42 Å². The van der Waals surface area contributed by atoms with E-state index in [1.807, 2.05) is 36.5 Å². The number of halogens is 1. The monoisotopic (exact) mass is 387 g/mol.